The minimum Gasteiger partial charge on any atom is -0.314 e. The van der Waals surface area contributed by atoms with Crippen LogP contribution < -0.4 is 10.6 Å². The minimum absolute atomic E-state index is 0.207. The average molecular weight is 262 g/mol. The van der Waals surface area contributed by atoms with Crippen molar-refractivity contribution in [2.75, 3.05) is 33.2 Å². The monoisotopic (exact) mass is 262 g/mol. The summed E-state index contributed by atoms with van der Waals surface area (Å²) in [5, 5.41) is 6.86. The summed E-state index contributed by atoms with van der Waals surface area (Å²) in [7, 11) is 2.04. The van der Waals surface area contributed by atoms with Crippen molar-refractivity contribution in [2.45, 2.75) is 31.8 Å². The Morgan fingerprint density at radius 3 is 2.53 bits per heavy atom. The Kier molecular flexibility index (Phi) is 4.91. The van der Waals surface area contributed by atoms with Crippen LogP contribution in [0.3, 0.4) is 0 Å². The molecule has 0 bridgehead atoms. The summed E-state index contributed by atoms with van der Waals surface area (Å²) in [4.78, 5) is 6.69. The number of nitrogens with one attached hydrogen (secondary N) is 2. The standard InChI is InChI=1S/C15H26N4/c1-15(2,19-10-8-18-9-11-19)12-14(16-3)13-4-6-17-7-5-13/h4-7,14,16,18H,8-12H2,1-3H3. The van der Waals surface area contributed by atoms with Crippen molar-refractivity contribution in [1.82, 2.24) is 20.5 Å². The van der Waals surface area contributed by atoms with Crippen molar-refractivity contribution < 1.29 is 0 Å². The molecule has 0 spiro atoms. The Morgan fingerprint density at radius 2 is 1.95 bits per heavy atom. The maximum Gasteiger partial charge on any atom is 0.0336 e. The van der Waals surface area contributed by atoms with E-state index in [-0.39, 0.29) is 5.54 Å². The molecular formula is C15H26N4. The topological polar surface area (TPSA) is 40.2 Å². The van der Waals surface area contributed by atoms with Gasteiger partial charge in [0.2, 0.25) is 0 Å². The fourth-order valence-corrected chi connectivity index (χ4v) is 2.88. The normalized spacial score (nSPS) is 19.3. The van der Waals surface area contributed by atoms with Crippen molar-refractivity contribution in [2.24, 2.45) is 0 Å². The molecule has 1 unspecified atom stereocenters. The van der Waals surface area contributed by atoms with Gasteiger partial charge in [0.1, 0.15) is 0 Å². The van der Waals surface area contributed by atoms with E-state index in [0.717, 1.165) is 32.6 Å². The van der Waals surface area contributed by atoms with Gasteiger partial charge in [0, 0.05) is 50.2 Å². The molecular weight excluding hydrogens is 236 g/mol. The van der Waals surface area contributed by atoms with E-state index in [2.05, 4.69) is 46.5 Å². The van der Waals surface area contributed by atoms with E-state index in [1.165, 1.54) is 5.56 Å². The number of aromatic nitrogens is 1. The van der Waals surface area contributed by atoms with Crippen LogP contribution in [0.25, 0.3) is 0 Å². The summed E-state index contributed by atoms with van der Waals surface area (Å²) < 4.78 is 0. The third-order valence-corrected chi connectivity index (χ3v) is 4.13. The Bertz CT molecular complexity index is 371. The van der Waals surface area contributed by atoms with E-state index in [9.17, 15) is 0 Å². The average Bonchev–Trinajstić information content (AvgIpc) is 2.47. The van der Waals surface area contributed by atoms with Crippen molar-refractivity contribution >= 4 is 0 Å². The predicted molar refractivity (Wildman–Crippen MR) is 79.2 cm³/mol. The maximum atomic E-state index is 4.10. The zero-order chi connectivity index (χ0) is 13.7. The molecule has 1 aliphatic heterocycles. The van der Waals surface area contributed by atoms with Gasteiger partial charge in [0.15, 0.2) is 0 Å². The quantitative estimate of drug-likeness (QED) is 0.842. The number of piperazine rings is 1. The molecule has 4 nitrogen and oxygen atoms in total. The fourth-order valence-electron chi connectivity index (χ4n) is 2.88. The second-order valence-electron chi connectivity index (χ2n) is 5.88. The Hall–Kier alpha value is -0.970. The molecule has 1 atom stereocenters. The first kappa shape index (κ1) is 14.4. The van der Waals surface area contributed by atoms with Crippen LogP contribution in [0.4, 0.5) is 0 Å². The molecule has 19 heavy (non-hydrogen) atoms. The highest BCUT2D eigenvalue weighted by Crippen LogP contribution is 2.28. The molecule has 2 heterocycles. The third kappa shape index (κ3) is 3.75. The lowest BCUT2D eigenvalue weighted by molar-refractivity contribution is 0.0861. The van der Waals surface area contributed by atoms with Gasteiger partial charge < -0.3 is 10.6 Å². The number of hydrogen-bond acceptors (Lipinski definition) is 4. The van der Waals surface area contributed by atoms with E-state index >= 15 is 0 Å². The van der Waals surface area contributed by atoms with Gasteiger partial charge in [0.25, 0.3) is 0 Å². The van der Waals surface area contributed by atoms with Crippen molar-refractivity contribution in [3.05, 3.63) is 30.1 Å². The molecule has 0 amide bonds. The lowest BCUT2D eigenvalue weighted by Gasteiger charge is -2.43. The van der Waals surface area contributed by atoms with Crippen LogP contribution in [0.1, 0.15) is 31.9 Å². The molecule has 0 aliphatic carbocycles. The van der Waals surface area contributed by atoms with Gasteiger partial charge in [-0.05, 0) is 45.0 Å². The smallest absolute Gasteiger partial charge is 0.0336 e. The van der Waals surface area contributed by atoms with Crippen molar-refractivity contribution in [3.63, 3.8) is 0 Å². The zero-order valence-corrected chi connectivity index (χ0v) is 12.3. The minimum atomic E-state index is 0.207. The first-order valence-corrected chi connectivity index (χ1v) is 7.16. The number of rotatable bonds is 5. The zero-order valence-electron chi connectivity index (χ0n) is 12.3. The number of hydrogen-bond donors (Lipinski definition) is 2. The van der Waals surface area contributed by atoms with Crippen LogP contribution in [0, 0.1) is 0 Å². The summed E-state index contributed by atoms with van der Waals surface area (Å²) in [5.41, 5.74) is 1.53. The number of pyridine rings is 1. The lowest BCUT2D eigenvalue weighted by atomic mass is 9.89. The SMILES string of the molecule is CNC(CC(C)(C)N1CCNCC1)c1ccncc1. The van der Waals surface area contributed by atoms with E-state index < -0.39 is 0 Å². The highest BCUT2D eigenvalue weighted by molar-refractivity contribution is 5.16. The van der Waals surface area contributed by atoms with Crippen LogP contribution in [0.5, 0.6) is 0 Å². The van der Waals surface area contributed by atoms with Gasteiger partial charge in [0.05, 0.1) is 0 Å². The molecule has 2 N–H and O–H groups in total. The summed E-state index contributed by atoms with van der Waals surface area (Å²) in [6.07, 6.45) is 4.85. The van der Waals surface area contributed by atoms with E-state index in [0.29, 0.717) is 6.04 Å². The molecule has 1 aromatic rings. The molecule has 1 aromatic heterocycles. The molecule has 1 saturated heterocycles. The van der Waals surface area contributed by atoms with E-state index in [4.69, 9.17) is 0 Å². The van der Waals surface area contributed by atoms with Crippen molar-refractivity contribution in [1.29, 1.82) is 0 Å². The summed E-state index contributed by atoms with van der Waals surface area (Å²) in [5.74, 6) is 0. The van der Waals surface area contributed by atoms with Crippen LogP contribution in [0.2, 0.25) is 0 Å². The summed E-state index contributed by atoms with van der Waals surface area (Å²) in [6.45, 7) is 9.18. The van der Waals surface area contributed by atoms with Gasteiger partial charge in [-0.2, -0.15) is 0 Å². The fraction of sp³-hybridized carbons (Fsp3) is 0.667. The molecule has 0 radical (unpaired) electrons. The molecule has 1 aliphatic rings. The highest BCUT2D eigenvalue weighted by atomic mass is 15.2. The Labute approximate surface area is 116 Å². The summed E-state index contributed by atoms with van der Waals surface area (Å²) in [6, 6.07) is 4.59. The van der Waals surface area contributed by atoms with Gasteiger partial charge in [-0.25, -0.2) is 0 Å². The Morgan fingerprint density at radius 1 is 1.32 bits per heavy atom. The first-order valence-electron chi connectivity index (χ1n) is 7.16. The highest BCUT2D eigenvalue weighted by Gasteiger charge is 2.30. The largest absolute Gasteiger partial charge is 0.314 e. The van der Waals surface area contributed by atoms with Gasteiger partial charge in [-0.3, -0.25) is 9.88 Å². The molecule has 2 rings (SSSR count). The second-order valence-corrected chi connectivity index (χ2v) is 5.88. The maximum absolute atomic E-state index is 4.10. The molecule has 106 valence electrons. The van der Waals surface area contributed by atoms with Crippen LogP contribution in [0.15, 0.2) is 24.5 Å². The molecule has 1 fully saturated rings. The second kappa shape index (κ2) is 6.46. The molecule has 0 saturated carbocycles. The van der Waals surface area contributed by atoms with Gasteiger partial charge in [-0.1, -0.05) is 0 Å². The van der Waals surface area contributed by atoms with Gasteiger partial charge in [-0.15, -0.1) is 0 Å². The Balaban J connectivity index is 2.04. The van der Waals surface area contributed by atoms with Gasteiger partial charge >= 0.3 is 0 Å². The third-order valence-electron chi connectivity index (χ3n) is 4.13. The number of nitrogens with zero attached hydrogens (tertiary/aromatic N) is 2. The summed E-state index contributed by atoms with van der Waals surface area (Å²) >= 11 is 0. The van der Waals surface area contributed by atoms with Crippen molar-refractivity contribution in [3.8, 4) is 0 Å². The van der Waals surface area contributed by atoms with Crippen LogP contribution in [-0.4, -0.2) is 48.6 Å². The first-order chi connectivity index (χ1) is 9.13. The molecule has 0 aromatic carbocycles. The molecule has 4 heteroatoms. The van der Waals surface area contributed by atoms with Crippen LogP contribution >= 0.6 is 0 Å². The van der Waals surface area contributed by atoms with E-state index in [1.54, 1.807) is 0 Å². The lowest BCUT2D eigenvalue weighted by Crippen LogP contribution is -2.54. The predicted octanol–water partition coefficient (Wildman–Crippen LogP) is 1.42. The van der Waals surface area contributed by atoms with E-state index in [1.807, 2.05) is 19.4 Å². The van der Waals surface area contributed by atoms with Crippen LogP contribution in [-0.2, 0) is 0 Å².